The molecule has 5 rings (SSSR count). The van der Waals surface area contributed by atoms with Crippen molar-refractivity contribution < 1.29 is 119 Å². The number of hydrogen-bond acceptors (Lipinski definition) is 26. The van der Waals surface area contributed by atoms with E-state index in [0.29, 0.717) is 137 Å². The van der Waals surface area contributed by atoms with E-state index in [1.165, 1.54) is 27.7 Å². The highest BCUT2D eigenvalue weighted by molar-refractivity contribution is 6.89. The van der Waals surface area contributed by atoms with E-state index >= 15 is 0 Å². The van der Waals surface area contributed by atoms with Crippen molar-refractivity contribution in [2.24, 2.45) is 0 Å². The molecular formula is C101H178O26Si12. The third kappa shape index (κ3) is 60.8. The lowest BCUT2D eigenvalue weighted by Crippen LogP contribution is -2.59. The highest BCUT2D eigenvalue weighted by atomic mass is 28.5. The van der Waals surface area contributed by atoms with Crippen LogP contribution in [-0.4, -0.2) is 249 Å². The van der Waals surface area contributed by atoms with Gasteiger partial charge in [-0.25, -0.2) is 0 Å². The molecule has 26 nitrogen and oxygen atoms in total. The van der Waals surface area contributed by atoms with Crippen molar-refractivity contribution in [2.45, 2.75) is 293 Å². The van der Waals surface area contributed by atoms with Gasteiger partial charge in [0.25, 0.3) is 0 Å². The van der Waals surface area contributed by atoms with Crippen LogP contribution in [0.5, 0.6) is 28.7 Å². The predicted octanol–water partition coefficient (Wildman–Crippen LogP) is 24.4. The molecule has 5 aromatic carbocycles. The van der Waals surface area contributed by atoms with E-state index < -0.39 is 124 Å². The lowest BCUT2D eigenvalue weighted by atomic mass is 9.96. The SMILES string of the molecule is C=CCOCCOc1ccc(C(=O)C(=C)C)cc1.C=CCOCCOc1ccc(C(=O)C(C)(C)O)cc1.C=CCOCCOc1ccc(C(=O)C(C)(C)O[Si](C)(O[Si](C)(C)C)O[Si](C)(C)C)cc1.CC(C)(O)C(=O)c1ccc(OCCO[Si](C)(O[Si](C)(C)C)O[Si](C)(C)C)cc1.CC(C)(OCCC[Si](C)(O[Si](C)(C)C)O[Si](C)(C)C)C(=O)c1ccc(OCCC[Si](C)(O[Si](C)(C)C)O[Si](C)(C)C)cc1. The summed E-state index contributed by atoms with van der Waals surface area (Å²) in [6.07, 6.45) is 6.73. The van der Waals surface area contributed by atoms with Gasteiger partial charge in [0.15, 0.2) is 95.5 Å². The molecule has 0 aromatic heterocycles. The van der Waals surface area contributed by atoms with Crippen molar-refractivity contribution in [3.8, 4) is 28.7 Å². The quantitative estimate of drug-likeness (QED) is 0.0120. The molecular weight excluding hydrogens is 1970 g/mol. The standard InChI is InChI=1S/C30H64O7Si6.C22H40O6Si3.C19H36O6Si3.C15H20O4.C15H18O3/c1-30(2,33-24-18-26-43(16,36-40(9,10)11)37-41(12,13)14)29(31)27-19-21-28(22-20-27)32-23-17-25-42(15,34-38(3,4)5)35-39(6,7)8;1-11-16-24-17-18-25-20-14-12-19(13-15-20)21(23)22(2,3)26-31(10,27-29(4,5)6)28-30(7,8)9;1-19(2,21)18(20)16-10-12-17(13-11-16)22-14-15-23-28(9,24-26(3,4)5)25-27(6,7)8;1-4-9-18-10-11-19-13-7-5-12(6-8-13)14(16)15(2,3)17;1-4-9-17-10-11-18-14-7-5-13(6-8-14)15(16)12(2)3/h19-22H,17-18,23-26H2,1-16H3;11-15H,1,16-18H2,2-10H3;10-13,21H,14-15H2,1-9H3;4-8,17H,1,9-11H2,2-3H3;4-8H,1-2,9-11H2,3H3. The molecule has 0 bridgehead atoms. The fraction of sp³-hybridized carbons (Fsp3) is 0.574. The zero-order chi connectivity index (χ0) is 107. The van der Waals surface area contributed by atoms with E-state index in [-0.39, 0.29) is 28.9 Å². The van der Waals surface area contributed by atoms with Crippen LogP contribution < -0.4 is 23.7 Å². The normalized spacial score (nSPS) is 12.9. The van der Waals surface area contributed by atoms with Gasteiger partial charge < -0.3 is 94.6 Å². The Morgan fingerprint density at radius 3 is 0.777 bits per heavy atom. The molecule has 0 amide bonds. The second-order valence-electron chi connectivity index (χ2n) is 44.2. The van der Waals surface area contributed by atoms with E-state index in [1.54, 1.807) is 136 Å². The van der Waals surface area contributed by atoms with E-state index in [9.17, 15) is 34.2 Å². The number of hydrogen-bond donors (Lipinski definition) is 2. The molecule has 0 aliphatic carbocycles. The lowest BCUT2D eigenvalue weighted by Gasteiger charge is -2.41. The fourth-order valence-electron chi connectivity index (χ4n) is 13.8. The summed E-state index contributed by atoms with van der Waals surface area (Å²) in [4.78, 5) is 62.0. The highest BCUT2D eigenvalue weighted by Gasteiger charge is 2.50. The summed E-state index contributed by atoms with van der Waals surface area (Å²) >= 11 is 0. The topological polar surface area (TPSA) is 301 Å². The third-order valence-corrected chi connectivity index (χ3v) is 54.4. The molecule has 139 heavy (non-hydrogen) atoms. The van der Waals surface area contributed by atoms with Crippen LogP contribution in [0.1, 0.15) is 127 Å². The molecule has 2 N–H and O–H groups in total. The van der Waals surface area contributed by atoms with Gasteiger partial charge >= 0.3 is 34.7 Å². The molecule has 0 saturated carbocycles. The fourth-order valence-corrected chi connectivity index (χ4v) is 60.0. The molecule has 0 spiro atoms. The minimum Gasteiger partial charge on any atom is -0.494 e. The van der Waals surface area contributed by atoms with Gasteiger partial charge in [-0.1, -0.05) is 24.8 Å². The van der Waals surface area contributed by atoms with Crippen LogP contribution >= 0.6 is 0 Å². The van der Waals surface area contributed by atoms with Crippen molar-refractivity contribution in [3.63, 3.8) is 0 Å². The minimum atomic E-state index is -3.03. The van der Waals surface area contributed by atoms with Crippen molar-refractivity contribution in [2.75, 3.05) is 85.9 Å². The molecule has 38 heteroatoms. The summed E-state index contributed by atoms with van der Waals surface area (Å²) in [7, 11) is -24.8. The second-order valence-corrected chi connectivity index (χ2v) is 94.0. The summed E-state index contributed by atoms with van der Waals surface area (Å²) in [5, 5.41) is 19.4. The van der Waals surface area contributed by atoms with Crippen molar-refractivity contribution in [1.82, 2.24) is 0 Å². The maximum atomic E-state index is 13.3. The molecule has 0 saturated heterocycles. The Balaban J connectivity index is 0.000000900. The summed E-state index contributed by atoms with van der Waals surface area (Å²) in [6.45, 7) is 95.6. The number of rotatable bonds is 61. The number of ketones is 5. The maximum absolute atomic E-state index is 13.3. The molecule has 5 aromatic rings. The average molecular weight is 2150 g/mol. The number of carbonyl (C=O) groups is 5. The largest absolute Gasteiger partial charge is 0.494 e. The first-order valence-electron chi connectivity index (χ1n) is 47.9. The van der Waals surface area contributed by atoms with Crippen molar-refractivity contribution in [1.29, 1.82) is 0 Å². The number of ether oxygens (including phenoxy) is 9. The number of allylic oxidation sites excluding steroid dienone is 1. The van der Waals surface area contributed by atoms with Crippen molar-refractivity contribution >= 4 is 130 Å². The Hall–Kier alpha value is -5.63. The number of carbonyl (C=O) groups excluding carboxylic acids is 5. The smallest absolute Gasteiger partial charge is 0.477 e. The Bertz CT molecular complexity index is 4440. The van der Waals surface area contributed by atoms with Gasteiger partial charge in [-0.2, -0.15) is 0 Å². The zero-order valence-corrected chi connectivity index (χ0v) is 104. The van der Waals surface area contributed by atoms with E-state index in [2.05, 4.69) is 197 Å². The van der Waals surface area contributed by atoms with Crippen LogP contribution in [0.2, 0.25) is 195 Å². The van der Waals surface area contributed by atoms with Gasteiger partial charge in [0.05, 0.1) is 52.9 Å². The molecule has 0 aliphatic rings. The number of benzene rings is 5. The number of aliphatic hydroxyl groups is 2. The van der Waals surface area contributed by atoms with Crippen molar-refractivity contribution in [3.05, 3.63) is 199 Å². The van der Waals surface area contributed by atoms with E-state index in [0.717, 1.165) is 36.4 Å². The first-order chi connectivity index (χ1) is 63.3. The predicted molar refractivity (Wildman–Crippen MR) is 594 cm³/mol. The number of Topliss-reactive ketones (excluding diaryl/α,β-unsaturated/α-hetero) is 5. The Kier molecular flexibility index (Phi) is 55.4. The van der Waals surface area contributed by atoms with Crippen LogP contribution in [0.25, 0.3) is 0 Å². The zero-order valence-electron chi connectivity index (χ0n) is 91.8. The summed E-state index contributed by atoms with van der Waals surface area (Å²) in [6, 6.07) is 36.6. The van der Waals surface area contributed by atoms with Crippen LogP contribution in [0.4, 0.5) is 0 Å². The molecule has 0 unspecified atom stereocenters. The maximum Gasteiger partial charge on any atom is 0.477 e. The van der Waals surface area contributed by atoms with Crippen LogP contribution in [0.3, 0.4) is 0 Å². The molecule has 786 valence electrons. The van der Waals surface area contributed by atoms with Gasteiger partial charge in [-0.15, -0.1) is 19.7 Å². The van der Waals surface area contributed by atoms with Gasteiger partial charge in [-0.3, -0.25) is 24.0 Å². The van der Waals surface area contributed by atoms with Crippen LogP contribution in [0, 0.1) is 0 Å². The summed E-state index contributed by atoms with van der Waals surface area (Å²) in [5.41, 5.74) is -1.53. The van der Waals surface area contributed by atoms with Gasteiger partial charge in [0.2, 0.25) is 0 Å². The van der Waals surface area contributed by atoms with Crippen LogP contribution in [-0.2, 0) is 60.7 Å². The Labute approximate surface area is 849 Å². The monoisotopic (exact) mass is 2140 g/mol. The lowest BCUT2D eigenvalue weighted by molar-refractivity contribution is -0.00451. The first-order valence-corrected chi connectivity index (χ1v) is 84.7. The van der Waals surface area contributed by atoms with Gasteiger partial charge in [0.1, 0.15) is 77.6 Å². The van der Waals surface area contributed by atoms with E-state index in [1.807, 2.05) is 51.2 Å². The summed E-state index contributed by atoms with van der Waals surface area (Å²) < 4.78 is 114. The van der Waals surface area contributed by atoms with E-state index in [4.69, 9.17) is 84.4 Å². The van der Waals surface area contributed by atoms with Crippen LogP contribution in [0.15, 0.2) is 171 Å². The molecule has 0 radical (unpaired) electrons. The second kappa shape index (κ2) is 58.6. The highest BCUT2D eigenvalue weighted by Crippen LogP contribution is 2.34. The molecule has 0 atom stereocenters. The molecule has 0 fully saturated rings. The summed E-state index contributed by atoms with van der Waals surface area (Å²) in [5.74, 6) is 2.61. The minimum absolute atomic E-state index is 0.0375. The van der Waals surface area contributed by atoms with Gasteiger partial charge in [0, 0.05) is 47.5 Å². The molecule has 0 heterocycles. The Morgan fingerprint density at radius 2 is 0.525 bits per heavy atom. The van der Waals surface area contributed by atoms with Gasteiger partial charge in [-0.05, 0) is 384 Å². The molecule has 0 aliphatic heterocycles. The first kappa shape index (κ1) is 131. The Morgan fingerprint density at radius 1 is 0.295 bits per heavy atom. The third-order valence-electron chi connectivity index (χ3n) is 17.9. The average Bonchev–Trinajstić information content (AvgIpc) is 0.789.